The number of carbonyl (C=O) groups is 1. The molecule has 0 fully saturated rings. The Hall–Kier alpha value is -3.29. The Morgan fingerprint density at radius 2 is 1.85 bits per heavy atom. The molecule has 0 radical (unpaired) electrons. The van der Waals surface area contributed by atoms with Crippen LogP contribution in [0.5, 0.6) is 11.6 Å². The van der Waals surface area contributed by atoms with E-state index in [1.54, 1.807) is 31.3 Å². The first-order valence-electron chi connectivity index (χ1n) is 7.58. The number of para-hydroxylation sites is 1. The number of hydrogen-bond donors (Lipinski definition) is 1. The van der Waals surface area contributed by atoms with Crippen LogP contribution in [-0.2, 0) is 13.2 Å². The van der Waals surface area contributed by atoms with Crippen molar-refractivity contribution in [3.63, 3.8) is 0 Å². The van der Waals surface area contributed by atoms with Gasteiger partial charge in [-0.15, -0.1) is 5.10 Å². The Labute approximate surface area is 147 Å². The summed E-state index contributed by atoms with van der Waals surface area (Å²) in [7, 11) is 1.58. The minimum atomic E-state index is -4.49. The molecule has 3 rings (SSSR count). The summed E-state index contributed by atoms with van der Waals surface area (Å²) in [6.07, 6.45) is -3.06. The smallest absolute Gasteiger partial charge is 0.416 e. The lowest BCUT2D eigenvalue weighted by Gasteiger charge is -2.09. The third-order valence-corrected chi connectivity index (χ3v) is 3.45. The van der Waals surface area contributed by atoms with E-state index in [0.29, 0.717) is 5.69 Å². The molecular weight excluding hydrogens is 347 g/mol. The monoisotopic (exact) mass is 361 g/mol. The molecule has 26 heavy (non-hydrogen) atoms. The van der Waals surface area contributed by atoms with Gasteiger partial charge in [0, 0.05) is 18.9 Å². The van der Waals surface area contributed by atoms with Crippen molar-refractivity contribution in [3.05, 3.63) is 71.9 Å². The summed E-state index contributed by atoms with van der Waals surface area (Å²) in [6, 6.07) is 13.1. The number of aryl methyl sites for hydroxylation is 1. The molecule has 0 bridgehead atoms. The highest BCUT2D eigenvalue weighted by Crippen LogP contribution is 2.33. The highest BCUT2D eigenvalue weighted by atomic mass is 19.4. The summed E-state index contributed by atoms with van der Waals surface area (Å²) in [4.78, 5) is 12.4. The second kappa shape index (κ2) is 6.91. The van der Waals surface area contributed by atoms with Crippen molar-refractivity contribution in [1.82, 2.24) is 9.78 Å². The fourth-order valence-electron chi connectivity index (χ4n) is 2.27. The van der Waals surface area contributed by atoms with Gasteiger partial charge in [-0.3, -0.25) is 9.48 Å². The van der Waals surface area contributed by atoms with Crippen molar-refractivity contribution in [3.8, 4) is 11.6 Å². The first kappa shape index (κ1) is 17.5. The first-order valence-corrected chi connectivity index (χ1v) is 7.58. The average molecular weight is 361 g/mol. The number of anilines is 1. The van der Waals surface area contributed by atoms with Gasteiger partial charge >= 0.3 is 6.18 Å². The number of carbonyl (C=O) groups excluding carboxylic acids is 1. The van der Waals surface area contributed by atoms with Gasteiger partial charge in [-0.05, 0) is 30.3 Å². The van der Waals surface area contributed by atoms with Gasteiger partial charge in [-0.2, -0.15) is 13.2 Å². The average Bonchev–Trinajstić information content (AvgIpc) is 2.96. The summed E-state index contributed by atoms with van der Waals surface area (Å²) in [5.41, 5.74) is -0.165. The molecule has 0 unspecified atom stereocenters. The SMILES string of the molecule is Cn1cc(C(=O)Nc2ccccc2)c(Oc2cccc(C(F)(F)F)c2)n1. The lowest BCUT2D eigenvalue weighted by atomic mass is 10.2. The predicted molar refractivity (Wildman–Crippen MR) is 89.1 cm³/mol. The van der Waals surface area contributed by atoms with Crippen molar-refractivity contribution in [2.24, 2.45) is 7.05 Å². The van der Waals surface area contributed by atoms with Crippen LogP contribution in [0.25, 0.3) is 0 Å². The minimum Gasteiger partial charge on any atom is -0.437 e. The lowest BCUT2D eigenvalue weighted by Crippen LogP contribution is -2.12. The van der Waals surface area contributed by atoms with E-state index in [-0.39, 0.29) is 17.2 Å². The van der Waals surface area contributed by atoms with Gasteiger partial charge in [0.2, 0.25) is 0 Å². The van der Waals surface area contributed by atoms with Crippen LogP contribution in [0.1, 0.15) is 15.9 Å². The number of amides is 1. The van der Waals surface area contributed by atoms with Gasteiger partial charge in [-0.1, -0.05) is 24.3 Å². The molecule has 0 aliphatic rings. The molecule has 0 aliphatic heterocycles. The molecule has 134 valence electrons. The largest absolute Gasteiger partial charge is 0.437 e. The molecule has 2 aromatic carbocycles. The van der Waals surface area contributed by atoms with Crippen molar-refractivity contribution in [1.29, 1.82) is 0 Å². The molecule has 8 heteroatoms. The third kappa shape index (κ3) is 4.02. The second-order valence-electron chi connectivity index (χ2n) is 5.47. The number of rotatable bonds is 4. The first-order chi connectivity index (χ1) is 12.3. The van der Waals surface area contributed by atoms with E-state index in [4.69, 9.17) is 4.74 Å². The molecule has 0 aliphatic carbocycles. The molecule has 0 spiro atoms. The van der Waals surface area contributed by atoms with E-state index in [0.717, 1.165) is 12.1 Å². The Bertz CT molecular complexity index is 921. The topological polar surface area (TPSA) is 56.2 Å². The summed E-state index contributed by atoms with van der Waals surface area (Å²) in [5.74, 6) is -0.626. The van der Waals surface area contributed by atoms with Crippen molar-refractivity contribution in [2.75, 3.05) is 5.32 Å². The molecule has 0 atom stereocenters. The maximum atomic E-state index is 12.8. The van der Waals surface area contributed by atoms with Gasteiger partial charge in [0.25, 0.3) is 11.8 Å². The zero-order valence-corrected chi connectivity index (χ0v) is 13.6. The van der Waals surface area contributed by atoms with Crippen LogP contribution in [0.4, 0.5) is 18.9 Å². The van der Waals surface area contributed by atoms with E-state index in [1.807, 2.05) is 6.07 Å². The van der Waals surface area contributed by atoms with Gasteiger partial charge < -0.3 is 10.1 Å². The van der Waals surface area contributed by atoms with Gasteiger partial charge in [-0.25, -0.2) is 0 Å². The highest BCUT2D eigenvalue weighted by Gasteiger charge is 2.31. The van der Waals surface area contributed by atoms with Crippen LogP contribution in [0, 0.1) is 0 Å². The number of nitrogens with one attached hydrogen (secondary N) is 1. The Morgan fingerprint density at radius 1 is 1.12 bits per heavy atom. The van der Waals surface area contributed by atoms with Gasteiger partial charge in [0.15, 0.2) is 0 Å². The molecule has 0 saturated heterocycles. The van der Waals surface area contributed by atoms with Crippen LogP contribution in [0.15, 0.2) is 60.8 Å². The van der Waals surface area contributed by atoms with E-state index in [2.05, 4.69) is 10.4 Å². The number of nitrogens with zero attached hydrogens (tertiary/aromatic N) is 2. The van der Waals surface area contributed by atoms with Crippen molar-refractivity contribution >= 4 is 11.6 Å². The quantitative estimate of drug-likeness (QED) is 0.745. The molecule has 3 aromatic rings. The number of alkyl halides is 3. The van der Waals surface area contributed by atoms with E-state index < -0.39 is 17.6 Å². The zero-order chi connectivity index (χ0) is 18.7. The third-order valence-electron chi connectivity index (χ3n) is 3.45. The number of halogens is 3. The fourth-order valence-corrected chi connectivity index (χ4v) is 2.27. The molecule has 1 N–H and O–H groups in total. The highest BCUT2D eigenvalue weighted by molar-refractivity contribution is 6.05. The second-order valence-corrected chi connectivity index (χ2v) is 5.47. The Kier molecular flexibility index (Phi) is 4.66. The van der Waals surface area contributed by atoms with Gasteiger partial charge in [0.05, 0.1) is 5.56 Å². The minimum absolute atomic E-state index is 0.0627. The van der Waals surface area contributed by atoms with Crippen molar-refractivity contribution < 1.29 is 22.7 Å². The van der Waals surface area contributed by atoms with E-state index >= 15 is 0 Å². The van der Waals surface area contributed by atoms with Crippen LogP contribution in [0.3, 0.4) is 0 Å². The maximum Gasteiger partial charge on any atom is 0.416 e. The maximum absolute atomic E-state index is 12.8. The number of hydrogen-bond acceptors (Lipinski definition) is 3. The normalized spacial score (nSPS) is 11.2. The lowest BCUT2D eigenvalue weighted by molar-refractivity contribution is -0.137. The van der Waals surface area contributed by atoms with E-state index in [1.165, 1.54) is 23.0 Å². The molecule has 1 heterocycles. The standard InChI is InChI=1S/C18H14F3N3O2/c1-24-11-15(16(25)22-13-7-3-2-4-8-13)17(23-24)26-14-9-5-6-12(10-14)18(19,20)21/h2-11H,1H3,(H,22,25). The summed E-state index contributed by atoms with van der Waals surface area (Å²) < 4.78 is 45.2. The molecule has 1 amide bonds. The van der Waals surface area contributed by atoms with Crippen LogP contribution >= 0.6 is 0 Å². The van der Waals surface area contributed by atoms with E-state index in [9.17, 15) is 18.0 Å². The van der Waals surface area contributed by atoms with Crippen LogP contribution < -0.4 is 10.1 Å². The van der Waals surface area contributed by atoms with Crippen LogP contribution in [0.2, 0.25) is 0 Å². The fraction of sp³-hybridized carbons (Fsp3) is 0.111. The molecule has 0 saturated carbocycles. The van der Waals surface area contributed by atoms with Crippen molar-refractivity contribution in [2.45, 2.75) is 6.18 Å². The zero-order valence-electron chi connectivity index (χ0n) is 13.6. The molecule has 1 aromatic heterocycles. The predicted octanol–water partition coefficient (Wildman–Crippen LogP) is 4.48. The Balaban J connectivity index is 1.85. The number of benzene rings is 2. The molecule has 5 nitrogen and oxygen atoms in total. The summed E-state index contributed by atoms with van der Waals surface area (Å²) in [6.45, 7) is 0. The van der Waals surface area contributed by atoms with Gasteiger partial charge in [0.1, 0.15) is 11.3 Å². The molecular formula is C18H14F3N3O2. The summed E-state index contributed by atoms with van der Waals surface area (Å²) >= 11 is 0. The summed E-state index contributed by atoms with van der Waals surface area (Å²) in [5, 5.41) is 6.69. The number of ether oxygens (including phenoxy) is 1. The number of aromatic nitrogens is 2. The Morgan fingerprint density at radius 3 is 2.54 bits per heavy atom. The van der Waals surface area contributed by atoms with Crippen LogP contribution in [-0.4, -0.2) is 15.7 Å².